The second-order valence-electron chi connectivity index (χ2n) is 3.37. The van der Waals surface area contributed by atoms with Crippen molar-refractivity contribution >= 4 is 0 Å². The van der Waals surface area contributed by atoms with E-state index >= 15 is 0 Å². The third-order valence-electron chi connectivity index (χ3n) is 2.23. The van der Waals surface area contributed by atoms with Crippen molar-refractivity contribution < 1.29 is 14.9 Å². The second-order valence-corrected chi connectivity index (χ2v) is 3.37. The van der Waals surface area contributed by atoms with Gasteiger partial charge in [0.25, 0.3) is 0 Å². The lowest BCUT2D eigenvalue weighted by molar-refractivity contribution is 0.331. The van der Waals surface area contributed by atoms with Gasteiger partial charge in [0.05, 0.1) is 13.7 Å². The molecule has 0 aliphatic rings. The summed E-state index contributed by atoms with van der Waals surface area (Å²) in [6.45, 7) is 1.88. The maximum Gasteiger partial charge on any atom is 0.126 e. The van der Waals surface area contributed by atoms with Gasteiger partial charge in [0.1, 0.15) is 11.5 Å². The Morgan fingerprint density at radius 2 is 2.20 bits per heavy atom. The number of phenols is 1. The zero-order valence-corrected chi connectivity index (χ0v) is 9.03. The quantitative estimate of drug-likeness (QED) is 0.743. The number of rotatable bonds is 4. The van der Waals surface area contributed by atoms with E-state index in [1.807, 2.05) is 13.0 Å². The zero-order valence-electron chi connectivity index (χ0n) is 9.03. The average Bonchev–Trinajstić information content (AvgIpc) is 2.26. The molecule has 1 aromatic rings. The molecule has 0 atom stereocenters. The predicted octanol–water partition coefficient (Wildman–Crippen LogP) is 1.88. The molecular formula is C12H16O3. The first-order chi connectivity index (χ1) is 7.19. The van der Waals surface area contributed by atoms with Crippen LogP contribution >= 0.6 is 0 Å². The predicted molar refractivity (Wildman–Crippen MR) is 59.2 cm³/mol. The SMILES string of the molecule is COc1cccc(O)c1CC=C(C)CO. The van der Waals surface area contributed by atoms with Crippen LogP contribution < -0.4 is 4.74 Å². The number of aliphatic hydroxyl groups is 1. The lowest BCUT2D eigenvalue weighted by atomic mass is 10.1. The van der Waals surface area contributed by atoms with Crippen LogP contribution in [-0.4, -0.2) is 23.9 Å². The van der Waals surface area contributed by atoms with E-state index in [4.69, 9.17) is 9.84 Å². The maximum atomic E-state index is 9.64. The molecule has 0 fully saturated rings. The van der Waals surface area contributed by atoms with E-state index in [2.05, 4.69) is 0 Å². The van der Waals surface area contributed by atoms with E-state index < -0.39 is 0 Å². The van der Waals surface area contributed by atoms with Crippen LogP contribution in [0.15, 0.2) is 29.8 Å². The van der Waals surface area contributed by atoms with Crippen molar-refractivity contribution in [2.45, 2.75) is 13.3 Å². The van der Waals surface area contributed by atoms with Gasteiger partial charge in [-0.1, -0.05) is 17.7 Å². The van der Waals surface area contributed by atoms with Gasteiger partial charge in [-0.2, -0.15) is 0 Å². The van der Waals surface area contributed by atoms with E-state index in [1.54, 1.807) is 25.3 Å². The minimum absolute atomic E-state index is 0.0376. The van der Waals surface area contributed by atoms with Gasteiger partial charge in [-0.3, -0.25) is 0 Å². The Labute approximate surface area is 89.6 Å². The Bertz CT molecular complexity index is 356. The van der Waals surface area contributed by atoms with Gasteiger partial charge in [-0.05, 0) is 25.5 Å². The topological polar surface area (TPSA) is 49.7 Å². The number of methoxy groups -OCH3 is 1. The van der Waals surface area contributed by atoms with Crippen LogP contribution in [0, 0.1) is 0 Å². The molecule has 0 aliphatic carbocycles. The van der Waals surface area contributed by atoms with Crippen molar-refractivity contribution in [1.29, 1.82) is 0 Å². The Hall–Kier alpha value is -1.48. The summed E-state index contributed by atoms with van der Waals surface area (Å²) in [7, 11) is 1.57. The average molecular weight is 208 g/mol. The minimum Gasteiger partial charge on any atom is -0.508 e. The van der Waals surface area contributed by atoms with Crippen molar-refractivity contribution in [1.82, 2.24) is 0 Å². The van der Waals surface area contributed by atoms with E-state index in [9.17, 15) is 5.11 Å². The Morgan fingerprint density at radius 1 is 1.47 bits per heavy atom. The fourth-order valence-corrected chi connectivity index (χ4v) is 1.29. The lowest BCUT2D eigenvalue weighted by Gasteiger charge is -2.08. The summed E-state index contributed by atoms with van der Waals surface area (Å²) in [5.74, 6) is 0.883. The van der Waals surface area contributed by atoms with Crippen LogP contribution in [0.25, 0.3) is 0 Å². The fraction of sp³-hybridized carbons (Fsp3) is 0.333. The summed E-state index contributed by atoms with van der Waals surface area (Å²) in [5.41, 5.74) is 1.62. The van der Waals surface area contributed by atoms with Gasteiger partial charge in [0.2, 0.25) is 0 Å². The highest BCUT2D eigenvalue weighted by Gasteiger charge is 2.06. The van der Waals surface area contributed by atoms with Gasteiger partial charge < -0.3 is 14.9 Å². The van der Waals surface area contributed by atoms with Crippen molar-refractivity contribution in [3.05, 3.63) is 35.4 Å². The molecule has 1 aromatic carbocycles. The third kappa shape index (κ3) is 2.99. The second kappa shape index (κ2) is 5.41. The van der Waals surface area contributed by atoms with Gasteiger partial charge in [0, 0.05) is 5.56 Å². The zero-order chi connectivity index (χ0) is 11.3. The van der Waals surface area contributed by atoms with Crippen LogP contribution in [0.3, 0.4) is 0 Å². The molecule has 0 unspecified atom stereocenters. The Kier molecular flexibility index (Phi) is 4.18. The van der Waals surface area contributed by atoms with Gasteiger partial charge >= 0.3 is 0 Å². The largest absolute Gasteiger partial charge is 0.508 e. The number of allylic oxidation sites excluding steroid dienone is 1. The molecule has 15 heavy (non-hydrogen) atoms. The van der Waals surface area contributed by atoms with Crippen LogP contribution in [0.2, 0.25) is 0 Å². The molecular weight excluding hydrogens is 192 g/mol. The van der Waals surface area contributed by atoms with E-state index in [-0.39, 0.29) is 12.4 Å². The molecule has 82 valence electrons. The molecule has 0 aromatic heterocycles. The van der Waals surface area contributed by atoms with Crippen LogP contribution in [0.1, 0.15) is 12.5 Å². The molecule has 2 N–H and O–H groups in total. The smallest absolute Gasteiger partial charge is 0.126 e. The van der Waals surface area contributed by atoms with Crippen LogP contribution in [0.4, 0.5) is 0 Å². The lowest BCUT2D eigenvalue weighted by Crippen LogP contribution is -1.93. The normalized spacial score (nSPS) is 11.5. The Morgan fingerprint density at radius 3 is 2.80 bits per heavy atom. The number of benzene rings is 1. The number of ether oxygens (including phenoxy) is 1. The molecule has 1 rings (SSSR count). The van der Waals surface area contributed by atoms with E-state index in [0.717, 1.165) is 11.1 Å². The highest BCUT2D eigenvalue weighted by Crippen LogP contribution is 2.28. The number of hydrogen-bond donors (Lipinski definition) is 2. The molecule has 3 nitrogen and oxygen atoms in total. The van der Waals surface area contributed by atoms with Gasteiger partial charge in [-0.25, -0.2) is 0 Å². The maximum absolute atomic E-state index is 9.64. The molecule has 3 heteroatoms. The summed E-state index contributed by atoms with van der Waals surface area (Å²) in [4.78, 5) is 0. The van der Waals surface area contributed by atoms with E-state index in [0.29, 0.717) is 12.2 Å². The summed E-state index contributed by atoms with van der Waals surface area (Å²) in [6.07, 6.45) is 2.43. The van der Waals surface area contributed by atoms with Crippen molar-refractivity contribution in [2.75, 3.05) is 13.7 Å². The van der Waals surface area contributed by atoms with Gasteiger partial charge in [-0.15, -0.1) is 0 Å². The first kappa shape index (κ1) is 11.6. The first-order valence-electron chi connectivity index (χ1n) is 4.80. The third-order valence-corrected chi connectivity index (χ3v) is 2.23. The Balaban J connectivity index is 2.92. The minimum atomic E-state index is 0.0376. The standard InChI is InChI=1S/C12H16O3/c1-9(8-13)6-7-10-11(14)4-3-5-12(10)15-2/h3-6,13-14H,7-8H2,1-2H3. The van der Waals surface area contributed by atoms with Crippen molar-refractivity contribution in [3.63, 3.8) is 0 Å². The molecule has 0 saturated carbocycles. The molecule has 0 radical (unpaired) electrons. The molecule has 0 bridgehead atoms. The summed E-state index contributed by atoms with van der Waals surface area (Å²) >= 11 is 0. The molecule has 0 amide bonds. The van der Waals surface area contributed by atoms with Crippen molar-refractivity contribution in [2.24, 2.45) is 0 Å². The monoisotopic (exact) mass is 208 g/mol. The van der Waals surface area contributed by atoms with E-state index in [1.165, 1.54) is 0 Å². The summed E-state index contributed by atoms with van der Waals surface area (Å²) < 4.78 is 5.14. The summed E-state index contributed by atoms with van der Waals surface area (Å²) in [6, 6.07) is 5.16. The number of phenolic OH excluding ortho intramolecular Hbond substituents is 1. The molecule has 0 aliphatic heterocycles. The number of aromatic hydroxyl groups is 1. The molecule has 0 spiro atoms. The molecule has 0 heterocycles. The van der Waals surface area contributed by atoms with Crippen LogP contribution in [-0.2, 0) is 6.42 Å². The number of hydrogen-bond acceptors (Lipinski definition) is 3. The number of aliphatic hydroxyl groups excluding tert-OH is 1. The molecule has 0 saturated heterocycles. The first-order valence-corrected chi connectivity index (χ1v) is 4.80. The van der Waals surface area contributed by atoms with Crippen molar-refractivity contribution in [3.8, 4) is 11.5 Å². The highest BCUT2D eigenvalue weighted by atomic mass is 16.5. The van der Waals surface area contributed by atoms with Gasteiger partial charge in [0.15, 0.2) is 0 Å². The summed E-state index contributed by atoms with van der Waals surface area (Å²) in [5, 5.41) is 18.5. The highest BCUT2D eigenvalue weighted by molar-refractivity contribution is 5.45. The van der Waals surface area contributed by atoms with Crippen LogP contribution in [0.5, 0.6) is 11.5 Å². The fourth-order valence-electron chi connectivity index (χ4n) is 1.29.